The molecule has 33 heavy (non-hydrogen) atoms. The maximum atomic E-state index is 13.8. The molecule has 2 aromatic carbocycles. The molecule has 0 radical (unpaired) electrons. The third kappa shape index (κ3) is 3.53. The van der Waals surface area contributed by atoms with Gasteiger partial charge in [0.25, 0.3) is 5.91 Å². The number of anilines is 1. The van der Waals surface area contributed by atoms with Crippen LogP contribution in [0.1, 0.15) is 46.7 Å². The minimum atomic E-state index is -0.499. The summed E-state index contributed by atoms with van der Waals surface area (Å²) in [4.78, 5) is 35.5. The quantitative estimate of drug-likeness (QED) is 0.518. The Morgan fingerprint density at radius 2 is 1.82 bits per heavy atom. The van der Waals surface area contributed by atoms with E-state index in [2.05, 4.69) is 9.97 Å². The second-order valence-electron chi connectivity index (χ2n) is 8.81. The third-order valence-electron chi connectivity index (χ3n) is 6.18. The summed E-state index contributed by atoms with van der Waals surface area (Å²) in [6, 6.07) is 11.4. The van der Waals surface area contributed by atoms with Crippen molar-refractivity contribution in [2.45, 2.75) is 32.2 Å². The maximum Gasteiger partial charge on any atom is 0.278 e. The van der Waals surface area contributed by atoms with Gasteiger partial charge in [0.1, 0.15) is 11.5 Å². The molecule has 3 heterocycles. The number of carbonyl (C=O) groups excluding carboxylic acids is 2. The molecule has 2 aromatic heterocycles. The van der Waals surface area contributed by atoms with Crippen LogP contribution in [0.5, 0.6) is 0 Å². The fourth-order valence-corrected chi connectivity index (χ4v) is 4.37. The summed E-state index contributed by atoms with van der Waals surface area (Å²) in [6.45, 7) is 4.00. The van der Waals surface area contributed by atoms with E-state index in [1.54, 1.807) is 58.2 Å². The summed E-state index contributed by atoms with van der Waals surface area (Å²) < 4.78 is 15.6. The lowest BCUT2D eigenvalue weighted by molar-refractivity contribution is 0.0949. The summed E-state index contributed by atoms with van der Waals surface area (Å²) in [7, 11) is 0. The van der Waals surface area contributed by atoms with Crippen molar-refractivity contribution in [3.8, 4) is 11.3 Å². The van der Waals surface area contributed by atoms with E-state index in [9.17, 15) is 14.0 Å². The van der Waals surface area contributed by atoms with Gasteiger partial charge in [0.2, 0.25) is 5.91 Å². The number of nitrogens with zero attached hydrogens (tertiary/aromatic N) is 4. The lowest BCUT2D eigenvalue weighted by atomic mass is 9.86. The molecule has 2 N–H and O–H groups in total. The number of hydrogen-bond donors (Lipinski definition) is 1. The number of fused-ring (bicyclic) bond motifs is 2. The maximum absolute atomic E-state index is 13.8. The highest BCUT2D eigenvalue weighted by molar-refractivity contribution is 6.06. The number of aromatic nitrogens is 3. The normalized spacial score (nSPS) is 14.8. The standard InChI is InChI=1S/C25H22FN5O2/c1-25(2)10-9-17-11-18(26)7-8-20(17)31(25)24(33)19-14-30-21(12-29-22(30)13-28-19)15-3-5-16(6-4-15)23(27)32/h3-8,11-14H,9-10H2,1-2H3,(H2,27,32). The van der Waals surface area contributed by atoms with Crippen LogP contribution >= 0.6 is 0 Å². The Morgan fingerprint density at radius 3 is 2.55 bits per heavy atom. The summed E-state index contributed by atoms with van der Waals surface area (Å²) >= 11 is 0. The Morgan fingerprint density at radius 1 is 1.06 bits per heavy atom. The summed E-state index contributed by atoms with van der Waals surface area (Å²) in [5, 5.41) is 0. The first kappa shape index (κ1) is 20.8. The van der Waals surface area contributed by atoms with Crippen molar-refractivity contribution in [3.05, 3.63) is 83.7 Å². The molecular weight excluding hydrogens is 421 g/mol. The van der Waals surface area contributed by atoms with Gasteiger partial charge >= 0.3 is 0 Å². The fourth-order valence-electron chi connectivity index (χ4n) is 4.37. The Kier molecular flexibility index (Phi) is 4.74. The van der Waals surface area contributed by atoms with Crippen LogP contribution in [0.2, 0.25) is 0 Å². The zero-order valence-electron chi connectivity index (χ0n) is 18.2. The molecule has 0 aliphatic carbocycles. The molecular formula is C25H22FN5O2. The van der Waals surface area contributed by atoms with E-state index in [-0.39, 0.29) is 17.4 Å². The predicted molar refractivity (Wildman–Crippen MR) is 123 cm³/mol. The smallest absolute Gasteiger partial charge is 0.278 e. The fraction of sp³-hybridized carbons (Fsp3) is 0.200. The topological polar surface area (TPSA) is 93.6 Å². The van der Waals surface area contributed by atoms with E-state index in [0.29, 0.717) is 29.7 Å². The van der Waals surface area contributed by atoms with Crippen LogP contribution < -0.4 is 10.6 Å². The highest BCUT2D eigenvalue weighted by atomic mass is 19.1. The van der Waals surface area contributed by atoms with Gasteiger partial charge in [0.05, 0.1) is 18.1 Å². The van der Waals surface area contributed by atoms with Gasteiger partial charge in [-0.1, -0.05) is 12.1 Å². The first-order chi connectivity index (χ1) is 15.7. The van der Waals surface area contributed by atoms with Crippen molar-refractivity contribution in [2.24, 2.45) is 5.73 Å². The molecule has 0 spiro atoms. The van der Waals surface area contributed by atoms with Crippen molar-refractivity contribution >= 4 is 23.1 Å². The van der Waals surface area contributed by atoms with E-state index in [0.717, 1.165) is 16.8 Å². The molecule has 8 heteroatoms. The second kappa shape index (κ2) is 7.51. The molecule has 166 valence electrons. The number of halogens is 1. The van der Waals surface area contributed by atoms with Gasteiger partial charge in [-0.2, -0.15) is 0 Å². The largest absolute Gasteiger partial charge is 0.366 e. The lowest BCUT2D eigenvalue weighted by Crippen LogP contribution is -2.51. The van der Waals surface area contributed by atoms with Crippen LogP contribution in [-0.2, 0) is 6.42 Å². The van der Waals surface area contributed by atoms with Crippen LogP contribution in [0.4, 0.5) is 10.1 Å². The van der Waals surface area contributed by atoms with Crippen molar-refractivity contribution in [2.75, 3.05) is 4.90 Å². The molecule has 0 unspecified atom stereocenters. The first-order valence-corrected chi connectivity index (χ1v) is 10.6. The Labute approximate surface area is 189 Å². The minimum absolute atomic E-state index is 0.251. The zero-order chi connectivity index (χ0) is 23.3. The number of aryl methyl sites for hydroxylation is 1. The SMILES string of the molecule is CC1(C)CCc2cc(F)ccc2N1C(=O)c1cn2c(-c3ccc(C(N)=O)cc3)cnc2cn1. The molecule has 0 bridgehead atoms. The van der Waals surface area contributed by atoms with Gasteiger partial charge in [-0.3, -0.25) is 14.0 Å². The molecule has 5 rings (SSSR count). The number of benzene rings is 2. The Balaban J connectivity index is 1.57. The number of primary amides is 1. The molecule has 0 saturated carbocycles. The van der Waals surface area contributed by atoms with Crippen molar-refractivity contribution in [1.29, 1.82) is 0 Å². The van der Waals surface area contributed by atoms with Gasteiger partial charge in [-0.15, -0.1) is 0 Å². The van der Waals surface area contributed by atoms with E-state index in [4.69, 9.17) is 5.73 Å². The number of rotatable bonds is 3. The second-order valence-corrected chi connectivity index (χ2v) is 8.81. The van der Waals surface area contributed by atoms with Gasteiger partial charge < -0.3 is 10.6 Å². The Hall–Kier alpha value is -4.07. The van der Waals surface area contributed by atoms with Gasteiger partial charge in [0, 0.05) is 28.6 Å². The lowest BCUT2D eigenvalue weighted by Gasteiger charge is -2.43. The van der Waals surface area contributed by atoms with E-state index >= 15 is 0 Å². The molecule has 0 fully saturated rings. The van der Waals surface area contributed by atoms with E-state index in [1.165, 1.54) is 12.1 Å². The number of carbonyl (C=O) groups is 2. The molecule has 0 saturated heterocycles. The monoisotopic (exact) mass is 443 g/mol. The van der Waals surface area contributed by atoms with Crippen molar-refractivity contribution < 1.29 is 14.0 Å². The zero-order valence-corrected chi connectivity index (χ0v) is 18.2. The van der Waals surface area contributed by atoms with Crippen LogP contribution in [0.25, 0.3) is 16.9 Å². The van der Waals surface area contributed by atoms with Crippen LogP contribution in [-0.4, -0.2) is 31.7 Å². The molecule has 1 aliphatic rings. The molecule has 4 aromatic rings. The summed E-state index contributed by atoms with van der Waals surface area (Å²) in [6.07, 6.45) is 6.31. The van der Waals surface area contributed by atoms with E-state index < -0.39 is 11.4 Å². The van der Waals surface area contributed by atoms with Crippen molar-refractivity contribution in [1.82, 2.24) is 14.4 Å². The van der Waals surface area contributed by atoms with E-state index in [1.807, 2.05) is 13.8 Å². The molecule has 1 aliphatic heterocycles. The number of imidazole rings is 1. The minimum Gasteiger partial charge on any atom is -0.366 e. The highest BCUT2D eigenvalue weighted by Crippen LogP contribution is 2.38. The highest BCUT2D eigenvalue weighted by Gasteiger charge is 2.38. The number of amides is 2. The average Bonchev–Trinajstić information content (AvgIpc) is 3.22. The molecule has 7 nitrogen and oxygen atoms in total. The van der Waals surface area contributed by atoms with Crippen LogP contribution in [0, 0.1) is 5.82 Å². The third-order valence-corrected chi connectivity index (χ3v) is 6.18. The first-order valence-electron chi connectivity index (χ1n) is 10.6. The van der Waals surface area contributed by atoms with Crippen molar-refractivity contribution in [3.63, 3.8) is 0 Å². The van der Waals surface area contributed by atoms with Gasteiger partial charge in [0.15, 0.2) is 5.65 Å². The molecule has 0 atom stereocenters. The summed E-state index contributed by atoms with van der Waals surface area (Å²) in [5.74, 6) is -1.08. The van der Waals surface area contributed by atoms with Gasteiger partial charge in [-0.25, -0.2) is 14.4 Å². The van der Waals surface area contributed by atoms with Crippen LogP contribution in [0.15, 0.2) is 61.1 Å². The summed E-state index contributed by atoms with van der Waals surface area (Å²) in [5.41, 5.74) is 9.19. The van der Waals surface area contributed by atoms with Gasteiger partial charge in [-0.05, 0) is 62.6 Å². The average molecular weight is 443 g/mol. The number of nitrogens with two attached hydrogens (primary N) is 1. The van der Waals surface area contributed by atoms with Crippen LogP contribution in [0.3, 0.4) is 0 Å². The Bertz CT molecular complexity index is 1410. The molecule has 2 amide bonds. The number of hydrogen-bond acceptors (Lipinski definition) is 4. The predicted octanol–water partition coefficient (Wildman–Crippen LogP) is 4.01.